The van der Waals surface area contributed by atoms with E-state index in [-0.39, 0.29) is 0 Å². The Morgan fingerprint density at radius 3 is 2.48 bits per heavy atom. The largest absolute Gasteiger partial charge is 0.381 e. The third-order valence-electron chi connectivity index (χ3n) is 6.99. The summed E-state index contributed by atoms with van der Waals surface area (Å²) >= 11 is 0. The Kier molecular flexibility index (Phi) is 5.26. The first-order valence-electron chi connectivity index (χ1n) is 11.0. The maximum Gasteiger partial charge on any atom is 0.148 e. The standard InChI is InChI=1S/C22H32N6O/c1-15-20(14-27(2)26-15)21-3-4-22(25-24-21)23-19-9-17-12-28(13-18(17)10-19)11-16-5-7-29-8-6-16/h3-4,14,16-19H,5-13H2,1-2H3,(H,23,25)/t17-,18+,19?. The Morgan fingerprint density at radius 2 is 1.86 bits per heavy atom. The highest BCUT2D eigenvalue weighted by Crippen LogP contribution is 2.39. The van der Waals surface area contributed by atoms with Gasteiger partial charge < -0.3 is 15.0 Å². The lowest BCUT2D eigenvalue weighted by atomic mass is 10.00. The van der Waals surface area contributed by atoms with Gasteiger partial charge in [-0.2, -0.15) is 5.10 Å². The summed E-state index contributed by atoms with van der Waals surface area (Å²) in [6.07, 6.45) is 6.98. The van der Waals surface area contributed by atoms with Crippen LogP contribution in [0.2, 0.25) is 0 Å². The van der Waals surface area contributed by atoms with Crippen molar-refractivity contribution in [3.05, 3.63) is 24.0 Å². The molecular weight excluding hydrogens is 364 g/mol. The molecule has 2 saturated heterocycles. The molecule has 4 heterocycles. The third-order valence-corrected chi connectivity index (χ3v) is 6.99. The predicted molar refractivity (Wildman–Crippen MR) is 113 cm³/mol. The first kappa shape index (κ1) is 19.0. The fraction of sp³-hybridized carbons (Fsp3) is 0.682. The molecule has 1 unspecified atom stereocenters. The second-order valence-electron chi connectivity index (χ2n) is 9.21. The first-order chi connectivity index (χ1) is 14.1. The molecule has 0 bridgehead atoms. The summed E-state index contributed by atoms with van der Waals surface area (Å²) in [6, 6.07) is 4.63. The Balaban J connectivity index is 1.13. The zero-order valence-electron chi connectivity index (χ0n) is 17.5. The zero-order chi connectivity index (χ0) is 19.8. The number of ether oxygens (including phenoxy) is 1. The second kappa shape index (κ2) is 8.03. The molecule has 2 aliphatic heterocycles. The number of hydrogen-bond acceptors (Lipinski definition) is 6. The Labute approximate surface area is 172 Å². The van der Waals surface area contributed by atoms with Gasteiger partial charge in [0.2, 0.25) is 0 Å². The van der Waals surface area contributed by atoms with Crippen LogP contribution in [-0.2, 0) is 11.8 Å². The Morgan fingerprint density at radius 1 is 1.10 bits per heavy atom. The minimum atomic E-state index is 0.524. The van der Waals surface area contributed by atoms with E-state index >= 15 is 0 Å². The number of aromatic nitrogens is 4. The molecule has 7 nitrogen and oxygen atoms in total. The molecule has 1 N–H and O–H groups in total. The van der Waals surface area contributed by atoms with Crippen molar-refractivity contribution >= 4 is 5.82 Å². The number of nitrogens with zero attached hydrogens (tertiary/aromatic N) is 5. The molecule has 0 radical (unpaired) electrons. The third kappa shape index (κ3) is 4.16. The van der Waals surface area contributed by atoms with Gasteiger partial charge in [-0.25, -0.2) is 0 Å². The molecule has 1 saturated carbocycles. The van der Waals surface area contributed by atoms with Gasteiger partial charge in [-0.15, -0.1) is 10.2 Å². The molecule has 7 heteroatoms. The van der Waals surface area contributed by atoms with Crippen molar-refractivity contribution in [3.8, 4) is 11.3 Å². The summed E-state index contributed by atoms with van der Waals surface area (Å²) in [5, 5.41) is 16.9. The lowest BCUT2D eigenvalue weighted by molar-refractivity contribution is 0.0545. The average molecular weight is 397 g/mol. The summed E-state index contributed by atoms with van der Waals surface area (Å²) in [5.41, 5.74) is 2.91. The van der Waals surface area contributed by atoms with Crippen molar-refractivity contribution in [2.45, 2.75) is 38.6 Å². The number of nitrogens with one attached hydrogen (secondary N) is 1. The van der Waals surface area contributed by atoms with Gasteiger partial charge in [-0.3, -0.25) is 4.68 Å². The zero-order valence-corrected chi connectivity index (χ0v) is 17.5. The van der Waals surface area contributed by atoms with E-state index in [0.29, 0.717) is 6.04 Å². The highest BCUT2D eigenvalue weighted by Gasteiger charge is 2.41. The van der Waals surface area contributed by atoms with E-state index in [1.807, 2.05) is 30.9 Å². The van der Waals surface area contributed by atoms with Crippen molar-refractivity contribution in [2.75, 3.05) is 38.2 Å². The fourth-order valence-corrected chi connectivity index (χ4v) is 5.57. The molecule has 29 heavy (non-hydrogen) atoms. The number of anilines is 1. The summed E-state index contributed by atoms with van der Waals surface area (Å²) in [5.74, 6) is 3.39. The summed E-state index contributed by atoms with van der Waals surface area (Å²) in [7, 11) is 1.93. The molecule has 1 aliphatic carbocycles. The molecule has 3 aliphatic rings. The lowest BCUT2D eigenvalue weighted by Crippen LogP contribution is -2.32. The molecule has 0 spiro atoms. The molecule has 3 fully saturated rings. The molecule has 0 amide bonds. The van der Waals surface area contributed by atoms with E-state index < -0.39 is 0 Å². The van der Waals surface area contributed by atoms with Crippen LogP contribution in [-0.4, -0.2) is 63.8 Å². The quantitative estimate of drug-likeness (QED) is 0.838. The molecule has 0 aromatic carbocycles. The number of hydrogen-bond donors (Lipinski definition) is 1. The van der Waals surface area contributed by atoms with Crippen molar-refractivity contribution < 1.29 is 4.74 Å². The summed E-state index contributed by atoms with van der Waals surface area (Å²) in [4.78, 5) is 2.71. The van der Waals surface area contributed by atoms with Gasteiger partial charge in [0.25, 0.3) is 0 Å². The van der Waals surface area contributed by atoms with Crippen LogP contribution in [0.3, 0.4) is 0 Å². The number of rotatable bonds is 5. The van der Waals surface area contributed by atoms with E-state index in [2.05, 4.69) is 31.6 Å². The van der Waals surface area contributed by atoms with Crippen LogP contribution in [0.1, 0.15) is 31.4 Å². The van der Waals surface area contributed by atoms with Crippen LogP contribution in [0.4, 0.5) is 5.82 Å². The van der Waals surface area contributed by atoms with Gasteiger partial charge in [-0.05, 0) is 62.5 Å². The minimum Gasteiger partial charge on any atom is -0.381 e. The van der Waals surface area contributed by atoms with E-state index in [1.54, 1.807) is 0 Å². The van der Waals surface area contributed by atoms with E-state index in [4.69, 9.17) is 4.74 Å². The van der Waals surface area contributed by atoms with Gasteiger partial charge in [0.05, 0.1) is 11.4 Å². The van der Waals surface area contributed by atoms with Gasteiger partial charge in [-0.1, -0.05) is 0 Å². The van der Waals surface area contributed by atoms with Crippen LogP contribution in [0.25, 0.3) is 11.3 Å². The van der Waals surface area contributed by atoms with Crippen molar-refractivity contribution in [1.82, 2.24) is 24.9 Å². The normalized spacial score (nSPS) is 28.0. The van der Waals surface area contributed by atoms with Crippen LogP contribution < -0.4 is 5.32 Å². The predicted octanol–water partition coefficient (Wildman–Crippen LogP) is 2.73. The minimum absolute atomic E-state index is 0.524. The Hall–Kier alpha value is -1.99. The Bertz CT molecular complexity index is 814. The van der Waals surface area contributed by atoms with Crippen LogP contribution in [0.5, 0.6) is 0 Å². The summed E-state index contributed by atoms with van der Waals surface area (Å²) < 4.78 is 7.33. The highest BCUT2D eigenvalue weighted by atomic mass is 16.5. The molecule has 3 atom stereocenters. The fourth-order valence-electron chi connectivity index (χ4n) is 5.57. The highest BCUT2D eigenvalue weighted by molar-refractivity contribution is 5.61. The monoisotopic (exact) mass is 396 g/mol. The van der Waals surface area contributed by atoms with Gasteiger partial charge in [0, 0.05) is 57.7 Å². The average Bonchev–Trinajstić information content (AvgIpc) is 3.36. The van der Waals surface area contributed by atoms with Crippen molar-refractivity contribution in [2.24, 2.45) is 24.8 Å². The smallest absolute Gasteiger partial charge is 0.148 e. The number of fused-ring (bicyclic) bond motifs is 1. The SMILES string of the molecule is Cc1nn(C)cc1-c1ccc(NC2C[C@@H]3CN(CC4CCOCC4)C[C@@H]3C2)nn1. The first-order valence-corrected chi connectivity index (χ1v) is 11.0. The molecule has 2 aromatic heterocycles. The second-order valence-corrected chi connectivity index (χ2v) is 9.21. The van der Waals surface area contributed by atoms with Crippen LogP contribution >= 0.6 is 0 Å². The van der Waals surface area contributed by atoms with Gasteiger partial charge in [0.15, 0.2) is 0 Å². The number of likely N-dealkylation sites (tertiary alicyclic amines) is 1. The lowest BCUT2D eigenvalue weighted by Gasteiger charge is -2.27. The number of aryl methyl sites for hydroxylation is 2. The molecular formula is C22H32N6O. The summed E-state index contributed by atoms with van der Waals surface area (Å²) in [6.45, 7) is 7.73. The van der Waals surface area contributed by atoms with E-state index in [1.165, 1.54) is 45.3 Å². The van der Waals surface area contributed by atoms with Crippen LogP contribution in [0, 0.1) is 24.7 Å². The molecule has 5 rings (SSSR count). The maximum atomic E-state index is 5.51. The van der Waals surface area contributed by atoms with Crippen molar-refractivity contribution in [1.29, 1.82) is 0 Å². The molecule has 2 aromatic rings. The van der Waals surface area contributed by atoms with E-state index in [9.17, 15) is 0 Å². The topological polar surface area (TPSA) is 68.1 Å². The van der Waals surface area contributed by atoms with Gasteiger partial charge >= 0.3 is 0 Å². The molecule has 156 valence electrons. The van der Waals surface area contributed by atoms with Crippen molar-refractivity contribution in [3.63, 3.8) is 0 Å². The van der Waals surface area contributed by atoms with E-state index in [0.717, 1.165) is 53.7 Å². The maximum absolute atomic E-state index is 5.51. The van der Waals surface area contributed by atoms with Crippen LogP contribution in [0.15, 0.2) is 18.3 Å². The van der Waals surface area contributed by atoms with Gasteiger partial charge in [0.1, 0.15) is 5.82 Å².